The molecule has 3 saturated carbocycles. The number of hydrogen-bond donors (Lipinski definition) is 2. The third-order valence-corrected chi connectivity index (χ3v) is 15.8. The second-order valence-corrected chi connectivity index (χ2v) is 18.9. The highest BCUT2D eigenvalue weighted by Crippen LogP contribution is 2.73. The van der Waals surface area contributed by atoms with Gasteiger partial charge in [0.1, 0.15) is 0 Å². The molecule has 2 N–H and O–H groups in total. The van der Waals surface area contributed by atoms with Crippen molar-refractivity contribution in [2.24, 2.45) is 51.8 Å². The second-order valence-electron chi connectivity index (χ2n) is 18.9. The lowest BCUT2D eigenvalue weighted by Crippen LogP contribution is -2.58. The minimum absolute atomic E-state index is 0.119. The summed E-state index contributed by atoms with van der Waals surface area (Å²) in [6, 6.07) is 0. The first kappa shape index (κ1) is 40.7. The summed E-state index contributed by atoms with van der Waals surface area (Å²) in [4.78, 5) is 10.5. The number of aliphatic hydroxyl groups is 1. The Labute approximate surface area is 304 Å². The first-order chi connectivity index (χ1) is 23.4. The zero-order valence-corrected chi connectivity index (χ0v) is 33.3. The first-order valence-corrected chi connectivity index (χ1v) is 21.7. The molecular weight excluding hydrogens is 601 g/mol. The van der Waals surface area contributed by atoms with Crippen LogP contribution in [0.3, 0.4) is 0 Å². The predicted molar refractivity (Wildman–Crippen MR) is 209 cm³/mol. The molecule has 0 heterocycles. The molecule has 0 aromatic rings. The van der Waals surface area contributed by atoms with Gasteiger partial charge in [0.05, 0.1) is 6.10 Å². The molecule has 2 unspecified atom stereocenters. The van der Waals surface area contributed by atoms with Crippen LogP contribution in [0.5, 0.6) is 0 Å². The van der Waals surface area contributed by atoms with Gasteiger partial charge in [0, 0.05) is 6.08 Å². The Morgan fingerprint density at radius 2 is 1.41 bits per heavy atom. The predicted octanol–water partition coefficient (Wildman–Crippen LogP) is 13.5. The summed E-state index contributed by atoms with van der Waals surface area (Å²) in [7, 11) is 0. The number of rotatable bonds is 22. The fourth-order valence-electron chi connectivity index (χ4n) is 12.2. The van der Waals surface area contributed by atoms with Crippen molar-refractivity contribution in [3.63, 3.8) is 0 Å². The van der Waals surface area contributed by atoms with E-state index in [2.05, 4.69) is 47.6 Å². The molecule has 3 nitrogen and oxygen atoms in total. The molecule has 3 heteroatoms. The molecule has 0 amide bonds. The van der Waals surface area contributed by atoms with Crippen molar-refractivity contribution in [1.29, 1.82) is 0 Å². The van der Waals surface area contributed by atoms with Crippen LogP contribution in [0.4, 0.5) is 0 Å². The van der Waals surface area contributed by atoms with Crippen molar-refractivity contribution >= 4 is 5.97 Å². The summed E-state index contributed by atoms with van der Waals surface area (Å²) >= 11 is 0. The summed E-state index contributed by atoms with van der Waals surface area (Å²) in [5.41, 5.74) is 2.90. The molecule has 4 aliphatic carbocycles. The first-order valence-electron chi connectivity index (χ1n) is 21.7. The molecule has 0 saturated heterocycles. The molecule has 9 atom stereocenters. The minimum Gasteiger partial charge on any atom is -0.478 e. The van der Waals surface area contributed by atoms with Crippen molar-refractivity contribution in [2.45, 2.75) is 208 Å². The average molecular weight is 681 g/mol. The summed E-state index contributed by atoms with van der Waals surface area (Å²) < 4.78 is 0. The summed E-state index contributed by atoms with van der Waals surface area (Å²) in [6.07, 6.45) is 38.5. The Bertz CT molecular complexity index is 1060. The number of unbranched alkanes of at least 4 members (excludes halogenated alkanes) is 13. The third-order valence-electron chi connectivity index (χ3n) is 15.8. The van der Waals surface area contributed by atoms with Gasteiger partial charge >= 0.3 is 5.97 Å². The summed E-state index contributed by atoms with van der Waals surface area (Å²) in [5, 5.41) is 19.4. The highest BCUT2D eigenvalue weighted by molar-refractivity contribution is 5.79. The zero-order valence-electron chi connectivity index (χ0n) is 33.3. The van der Waals surface area contributed by atoms with Gasteiger partial charge in [0.15, 0.2) is 0 Å². The van der Waals surface area contributed by atoms with E-state index in [-0.39, 0.29) is 6.10 Å². The number of fused-ring (bicyclic) bond motifs is 5. The maximum atomic E-state index is 10.7. The van der Waals surface area contributed by atoms with Crippen molar-refractivity contribution in [1.82, 2.24) is 0 Å². The van der Waals surface area contributed by atoms with Gasteiger partial charge in [-0.25, -0.2) is 4.79 Å². The van der Waals surface area contributed by atoms with E-state index in [0.717, 1.165) is 61.2 Å². The average Bonchev–Trinajstić information content (AvgIpc) is 3.42. The van der Waals surface area contributed by atoms with Crippen LogP contribution in [-0.2, 0) is 4.79 Å². The molecule has 0 spiro atoms. The molecule has 0 aromatic carbocycles. The number of aliphatic carboxylic acids is 1. The van der Waals surface area contributed by atoms with Crippen LogP contribution < -0.4 is 0 Å². The molecule has 4 rings (SSSR count). The van der Waals surface area contributed by atoms with Crippen molar-refractivity contribution in [2.75, 3.05) is 0 Å². The number of aliphatic hydroxyl groups excluding tert-OH is 1. The minimum atomic E-state index is -0.833. The number of carboxylic acids is 1. The Kier molecular flexibility index (Phi) is 15.9. The van der Waals surface area contributed by atoms with Crippen molar-refractivity contribution < 1.29 is 15.0 Å². The topological polar surface area (TPSA) is 57.5 Å². The molecule has 49 heavy (non-hydrogen) atoms. The highest BCUT2D eigenvalue weighted by Gasteiger charge is 2.65. The van der Waals surface area contributed by atoms with Gasteiger partial charge in [-0.1, -0.05) is 149 Å². The van der Waals surface area contributed by atoms with Gasteiger partial charge in [-0.2, -0.15) is 0 Å². The Morgan fingerprint density at radius 3 is 2.02 bits per heavy atom. The van der Waals surface area contributed by atoms with E-state index in [4.69, 9.17) is 5.11 Å². The normalized spacial score (nSPS) is 34.0. The van der Waals surface area contributed by atoms with Gasteiger partial charge in [0.25, 0.3) is 0 Å². The maximum absolute atomic E-state index is 10.7. The van der Waals surface area contributed by atoms with Gasteiger partial charge in [0.2, 0.25) is 0 Å². The Balaban J connectivity index is 1.23. The standard InChI is InChI=1S/C46H80O3/c1-35(2)36(3)23-24-37(4)40-27-28-41-42-26-25-38-34-39(47)29-31-45(38,6)46(42,33-32-44(40,41)5)30-21-19-17-15-13-11-9-7-8-10-12-14-16-18-20-22-43(48)49/h20,22,25,35-37,39-42,47H,7-19,21,23-24,26-34H2,1-6H3,(H,48,49)/t36-,37+,39?,40+,41-,42-,44+,45-,46?/m0/s1. The van der Waals surface area contributed by atoms with Gasteiger partial charge in [-0.3, -0.25) is 0 Å². The van der Waals surface area contributed by atoms with E-state index in [1.54, 1.807) is 11.6 Å². The van der Waals surface area contributed by atoms with Crippen LogP contribution in [0.15, 0.2) is 23.8 Å². The fourth-order valence-corrected chi connectivity index (χ4v) is 12.2. The van der Waals surface area contributed by atoms with E-state index < -0.39 is 5.97 Å². The smallest absolute Gasteiger partial charge is 0.327 e. The summed E-state index contributed by atoms with van der Waals surface area (Å²) in [6.45, 7) is 15.3. The van der Waals surface area contributed by atoms with E-state index >= 15 is 0 Å². The molecule has 0 bridgehead atoms. The van der Waals surface area contributed by atoms with Crippen LogP contribution in [0.1, 0.15) is 202 Å². The van der Waals surface area contributed by atoms with E-state index in [1.807, 2.05) is 0 Å². The lowest BCUT2D eigenvalue weighted by molar-refractivity contribution is -0.134. The van der Waals surface area contributed by atoms with Crippen molar-refractivity contribution in [3.05, 3.63) is 23.8 Å². The van der Waals surface area contributed by atoms with Crippen LogP contribution in [0.25, 0.3) is 0 Å². The molecule has 4 aliphatic rings. The zero-order chi connectivity index (χ0) is 35.5. The molecule has 0 aromatic heterocycles. The maximum Gasteiger partial charge on any atom is 0.327 e. The monoisotopic (exact) mass is 681 g/mol. The van der Waals surface area contributed by atoms with Gasteiger partial charge < -0.3 is 10.2 Å². The highest BCUT2D eigenvalue weighted by atomic mass is 16.4. The quantitative estimate of drug-likeness (QED) is 0.0680. The van der Waals surface area contributed by atoms with Crippen LogP contribution in [-0.4, -0.2) is 22.3 Å². The third kappa shape index (κ3) is 10.1. The van der Waals surface area contributed by atoms with Crippen LogP contribution in [0, 0.1) is 51.8 Å². The molecule has 282 valence electrons. The van der Waals surface area contributed by atoms with Gasteiger partial charge in [-0.15, -0.1) is 0 Å². The van der Waals surface area contributed by atoms with E-state index in [0.29, 0.717) is 16.2 Å². The largest absolute Gasteiger partial charge is 0.478 e. The Hall–Kier alpha value is -1.09. The second kappa shape index (κ2) is 19.1. The van der Waals surface area contributed by atoms with E-state index in [1.165, 1.54) is 141 Å². The molecule has 3 fully saturated rings. The van der Waals surface area contributed by atoms with E-state index in [9.17, 15) is 9.90 Å². The SMILES string of the molecule is CC(C)[C@@H](C)CC[C@@H](C)[C@H]1CC[C@H]2[C@@H]3CC=C4CC(O)CC[C@]4(C)C3(CCCCCCCCCCCCCCCC=CC(=O)O)CC[C@]12C. The Morgan fingerprint density at radius 1 is 0.796 bits per heavy atom. The number of carbonyl (C=O) groups is 1. The fraction of sp³-hybridized carbons (Fsp3) is 0.891. The molecule has 0 aliphatic heterocycles. The molecule has 0 radical (unpaired) electrons. The lowest BCUT2D eigenvalue weighted by atomic mass is 9.39. The van der Waals surface area contributed by atoms with Crippen LogP contribution in [0.2, 0.25) is 0 Å². The lowest BCUT2D eigenvalue weighted by Gasteiger charge is -2.66. The van der Waals surface area contributed by atoms with Crippen molar-refractivity contribution in [3.8, 4) is 0 Å². The summed E-state index contributed by atoms with van der Waals surface area (Å²) in [5.74, 6) is 4.29. The van der Waals surface area contributed by atoms with Crippen LogP contribution >= 0.6 is 0 Å². The number of hydrogen-bond acceptors (Lipinski definition) is 2. The number of carboxylic acid groups (broad SMARTS) is 1. The van der Waals surface area contributed by atoms with Gasteiger partial charge in [-0.05, 0) is 122 Å². The number of allylic oxidation sites excluding steroid dienone is 2. The molecular formula is C46H80O3.